The van der Waals surface area contributed by atoms with Gasteiger partial charge in [-0.15, -0.1) is 0 Å². The first-order valence-corrected chi connectivity index (χ1v) is 5.25. The molecular weight excluding hydrogens is 198 g/mol. The predicted octanol–water partition coefficient (Wildman–Crippen LogP) is 3.82. The highest BCUT2D eigenvalue weighted by Gasteiger charge is 1.98. The highest BCUT2D eigenvalue weighted by molar-refractivity contribution is 6.31. The van der Waals surface area contributed by atoms with E-state index in [2.05, 4.69) is 5.18 Å². The van der Waals surface area contributed by atoms with Gasteiger partial charge < -0.3 is 0 Å². The highest BCUT2D eigenvalue weighted by Crippen LogP contribution is 2.17. The number of benzene rings is 1. The van der Waals surface area contributed by atoms with Crippen molar-refractivity contribution in [1.29, 1.82) is 0 Å². The van der Waals surface area contributed by atoms with Crippen molar-refractivity contribution in [2.24, 2.45) is 5.18 Å². The maximum absolute atomic E-state index is 9.82. The molecule has 3 heteroatoms. The molecule has 0 radical (unpaired) electrons. The predicted molar refractivity (Wildman–Crippen MR) is 59.7 cm³/mol. The molecule has 14 heavy (non-hydrogen) atoms. The second-order valence-electron chi connectivity index (χ2n) is 3.25. The molecule has 76 valence electrons. The van der Waals surface area contributed by atoms with E-state index in [9.17, 15) is 4.91 Å². The Morgan fingerprint density at radius 1 is 1.14 bits per heavy atom. The Hall–Kier alpha value is -0.890. The number of hydrogen-bond donors (Lipinski definition) is 0. The summed E-state index contributed by atoms with van der Waals surface area (Å²) in [4.78, 5) is 9.82. The molecule has 0 fully saturated rings. The van der Waals surface area contributed by atoms with Gasteiger partial charge in [0.25, 0.3) is 0 Å². The van der Waals surface area contributed by atoms with Crippen molar-refractivity contribution in [3.8, 4) is 0 Å². The summed E-state index contributed by atoms with van der Waals surface area (Å²) in [6, 6.07) is 7.88. The lowest BCUT2D eigenvalue weighted by Gasteiger charge is -2.02. The van der Waals surface area contributed by atoms with Crippen LogP contribution in [0.2, 0.25) is 5.02 Å². The van der Waals surface area contributed by atoms with Crippen LogP contribution < -0.4 is 0 Å². The van der Waals surface area contributed by atoms with Gasteiger partial charge in [-0.1, -0.05) is 41.4 Å². The van der Waals surface area contributed by atoms with Crippen LogP contribution in [0.4, 0.5) is 0 Å². The Kier molecular flexibility index (Phi) is 5.23. The quantitative estimate of drug-likeness (QED) is 0.520. The largest absolute Gasteiger partial charge is 0.151 e. The maximum atomic E-state index is 9.82. The van der Waals surface area contributed by atoms with E-state index in [0.29, 0.717) is 6.54 Å². The van der Waals surface area contributed by atoms with Gasteiger partial charge in [-0.25, -0.2) is 0 Å². The van der Waals surface area contributed by atoms with Crippen molar-refractivity contribution in [2.75, 3.05) is 6.54 Å². The van der Waals surface area contributed by atoms with E-state index >= 15 is 0 Å². The minimum Gasteiger partial charge on any atom is -0.151 e. The summed E-state index contributed by atoms with van der Waals surface area (Å²) in [7, 11) is 0. The second kappa shape index (κ2) is 6.55. The van der Waals surface area contributed by atoms with E-state index < -0.39 is 0 Å². The van der Waals surface area contributed by atoms with Crippen LogP contribution in [-0.4, -0.2) is 6.54 Å². The Morgan fingerprint density at radius 3 is 2.64 bits per heavy atom. The number of hydrogen-bond acceptors (Lipinski definition) is 2. The first kappa shape index (κ1) is 11.2. The molecule has 0 aliphatic carbocycles. The standard InChI is InChI=1S/C11H14ClNO/c12-11-8-4-3-7-10(11)6-2-1-5-9-13-14/h3-4,7-8H,1-2,5-6,9H2. The average Bonchev–Trinajstić information content (AvgIpc) is 2.20. The zero-order valence-electron chi connectivity index (χ0n) is 8.08. The van der Waals surface area contributed by atoms with Gasteiger partial charge >= 0.3 is 0 Å². The van der Waals surface area contributed by atoms with Gasteiger partial charge in [0.15, 0.2) is 0 Å². The third-order valence-corrected chi connectivity index (χ3v) is 2.52. The topological polar surface area (TPSA) is 29.4 Å². The van der Waals surface area contributed by atoms with E-state index in [1.54, 1.807) is 0 Å². The molecule has 1 aromatic carbocycles. The molecule has 0 heterocycles. The van der Waals surface area contributed by atoms with Crippen LogP contribution in [0.1, 0.15) is 24.8 Å². The molecule has 0 spiro atoms. The summed E-state index contributed by atoms with van der Waals surface area (Å²) in [5, 5.41) is 3.66. The molecule has 0 aliphatic heterocycles. The van der Waals surface area contributed by atoms with E-state index in [1.807, 2.05) is 24.3 Å². The van der Waals surface area contributed by atoms with Crippen molar-refractivity contribution < 1.29 is 0 Å². The number of nitrogens with zero attached hydrogens (tertiary/aromatic N) is 1. The molecule has 1 rings (SSSR count). The molecule has 0 bridgehead atoms. The lowest BCUT2D eigenvalue weighted by atomic mass is 10.1. The van der Waals surface area contributed by atoms with Gasteiger partial charge in [0, 0.05) is 5.02 Å². The molecule has 0 saturated carbocycles. The van der Waals surface area contributed by atoms with Crippen LogP contribution in [0, 0.1) is 4.91 Å². The van der Waals surface area contributed by atoms with Crippen LogP contribution in [0.25, 0.3) is 0 Å². The lowest BCUT2D eigenvalue weighted by Crippen LogP contribution is -1.88. The number of aryl methyl sites for hydroxylation is 1. The summed E-state index contributed by atoms with van der Waals surface area (Å²) in [6.45, 7) is 0.433. The Balaban J connectivity index is 2.24. The molecule has 0 N–H and O–H groups in total. The van der Waals surface area contributed by atoms with Crippen LogP contribution in [-0.2, 0) is 6.42 Å². The molecule has 0 aliphatic rings. The fraction of sp³-hybridized carbons (Fsp3) is 0.455. The van der Waals surface area contributed by atoms with Crippen LogP contribution in [0.15, 0.2) is 29.4 Å². The molecule has 2 nitrogen and oxygen atoms in total. The Bertz CT molecular complexity index is 288. The third kappa shape index (κ3) is 3.88. The van der Waals surface area contributed by atoms with Crippen molar-refractivity contribution >= 4 is 11.6 Å². The smallest absolute Gasteiger partial charge is 0.0811 e. The van der Waals surface area contributed by atoms with Crippen molar-refractivity contribution in [3.05, 3.63) is 39.8 Å². The molecule has 0 saturated heterocycles. The average molecular weight is 212 g/mol. The van der Waals surface area contributed by atoms with Gasteiger partial charge in [-0.2, -0.15) is 4.91 Å². The minimum atomic E-state index is 0.433. The van der Waals surface area contributed by atoms with Crippen molar-refractivity contribution in [3.63, 3.8) is 0 Å². The van der Waals surface area contributed by atoms with E-state index in [4.69, 9.17) is 11.6 Å². The highest BCUT2D eigenvalue weighted by atomic mass is 35.5. The van der Waals surface area contributed by atoms with Crippen molar-refractivity contribution in [1.82, 2.24) is 0 Å². The summed E-state index contributed by atoms with van der Waals surface area (Å²) in [5.41, 5.74) is 1.19. The fourth-order valence-corrected chi connectivity index (χ4v) is 1.60. The Labute approximate surface area is 89.3 Å². The monoisotopic (exact) mass is 211 g/mol. The zero-order chi connectivity index (χ0) is 10.2. The van der Waals surface area contributed by atoms with Gasteiger partial charge in [-0.05, 0) is 30.9 Å². The fourth-order valence-electron chi connectivity index (χ4n) is 1.37. The van der Waals surface area contributed by atoms with Gasteiger partial charge in [0.05, 0.1) is 6.54 Å². The minimum absolute atomic E-state index is 0.433. The summed E-state index contributed by atoms with van der Waals surface area (Å²) in [6.07, 6.45) is 3.97. The van der Waals surface area contributed by atoms with Crippen LogP contribution in [0.3, 0.4) is 0 Å². The number of halogens is 1. The first-order chi connectivity index (χ1) is 6.84. The second-order valence-corrected chi connectivity index (χ2v) is 3.66. The SMILES string of the molecule is O=NCCCCCc1ccccc1Cl. The lowest BCUT2D eigenvalue weighted by molar-refractivity contribution is 0.686. The molecular formula is C11H14ClNO. The van der Waals surface area contributed by atoms with E-state index in [0.717, 1.165) is 30.7 Å². The number of rotatable bonds is 6. The third-order valence-electron chi connectivity index (χ3n) is 2.15. The Morgan fingerprint density at radius 2 is 1.93 bits per heavy atom. The summed E-state index contributed by atoms with van der Waals surface area (Å²) >= 11 is 6.00. The number of nitroso groups, excluding NO2 is 1. The molecule has 1 aromatic rings. The van der Waals surface area contributed by atoms with Crippen LogP contribution in [0.5, 0.6) is 0 Å². The van der Waals surface area contributed by atoms with Gasteiger partial charge in [0.1, 0.15) is 0 Å². The molecule has 0 amide bonds. The summed E-state index contributed by atoms with van der Waals surface area (Å²) < 4.78 is 0. The molecule has 0 atom stereocenters. The van der Waals surface area contributed by atoms with Crippen LogP contribution >= 0.6 is 11.6 Å². The maximum Gasteiger partial charge on any atom is 0.0811 e. The van der Waals surface area contributed by atoms with Gasteiger partial charge in [-0.3, -0.25) is 0 Å². The van der Waals surface area contributed by atoms with Crippen molar-refractivity contribution in [2.45, 2.75) is 25.7 Å². The van der Waals surface area contributed by atoms with Gasteiger partial charge in [0.2, 0.25) is 0 Å². The molecule has 0 aromatic heterocycles. The number of unbranched alkanes of at least 4 members (excludes halogenated alkanes) is 2. The zero-order valence-corrected chi connectivity index (χ0v) is 8.83. The van der Waals surface area contributed by atoms with E-state index in [-0.39, 0.29) is 0 Å². The first-order valence-electron chi connectivity index (χ1n) is 4.87. The summed E-state index contributed by atoms with van der Waals surface area (Å²) in [5.74, 6) is 0. The normalized spacial score (nSPS) is 10.1. The van der Waals surface area contributed by atoms with E-state index in [1.165, 1.54) is 5.56 Å². The molecule has 0 unspecified atom stereocenters.